The smallest absolute Gasteiger partial charge is 1.00 e. The van der Waals surface area contributed by atoms with Gasteiger partial charge in [-0.25, -0.2) is 0 Å². The molecule has 0 heterocycles. The van der Waals surface area contributed by atoms with Gasteiger partial charge in [0.2, 0.25) is 0 Å². The van der Waals surface area contributed by atoms with Gasteiger partial charge in [-0.15, -0.1) is 0 Å². The van der Waals surface area contributed by atoms with E-state index in [0.717, 1.165) is 13.2 Å². The largest absolute Gasteiger partial charge is 1.00 e. The van der Waals surface area contributed by atoms with Crippen LogP contribution in [0.15, 0.2) is 0 Å². The summed E-state index contributed by atoms with van der Waals surface area (Å²) in [7, 11) is 0. The minimum atomic E-state index is -0.560. The molecule has 0 aromatic heterocycles. The van der Waals surface area contributed by atoms with E-state index in [1.54, 1.807) is 0 Å². The predicted molar refractivity (Wildman–Crippen MR) is 78.7 cm³/mol. The molecule has 0 unspecified atom stereocenters. The normalized spacial score (nSPS) is 9.62. The molecule has 0 aromatic carbocycles. The monoisotopic (exact) mass is 376 g/mol. The number of hydrogen-bond donors (Lipinski definition) is 0. The molecule has 0 amide bonds. The van der Waals surface area contributed by atoms with E-state index in [9.17, 15) is 0 Å². The van der Waals surface area contributed by atoms with Crippen molar-refractivity contribution in [2.45, 2.75) is 90.9 Å². The second-order valence-electron chi connectivity index (χ2n) is 5.32. The molecule has 0 aromatic rings. The van der Waals surface area contributed by atoms with Gasteiger partial charge >= 0.3 is 131 Å². The standard InChI is InChI=1S/2C8H17O.2ClH.Ti/c2*1-2-3-4-5-6-7-8-9;;;/h2*2-8H2,1H3;2*1H;/q2*-1;;;+4/p-2. The number of unbranched alkanes of at least 4 members (excludes halogenated alkanes) is 10. The molecule has 0 saturated heterocycles. The van der Waals surface area contributed by atoms with E-state index in [-0.39, 0.29) is 24.8 Å². The first-order chi connectivity index (χ1) is 9.41. The fraction of sp³-hybridized carbons (Fsp3) is 1.00. The van der Waals surface area contributed by atoms with Crippen LogP contribution in [0.3, 0.4) is 0 Å². The van der Waals surface area contributed by atoms with Crippen LogP contribution in [0.2, 0.25) is 0 Å². The van der Waals surface area contributed by atoms with Gasteiger partial charge in [-0.05, 0) is 0 Å². The van der Waals surface area contributed by atoms with Gasteiger partial charge in [0.05, 0.1) is 0 Å². The first-order valence-corrected chi connectivity index (χ1v) is 9.67. The van der Waals surface area contributed by atoms with E-state index in [4.69, 9.17) is 6.64 Å². The van der Waals surface area contributed by atoms with Crippen molar-refractivity contribution < 1.29 is 51.4 Å². The molecule has 0 N–H and O–H groups in total. The second kappa shape index (κ2) is 26.1. The molecule has 5 heteroatoms. The van der Waals surface area contributed by atoms with Gasteiger partial charge in [0.15, 0.2) is 0 Å². The van der Waals surface area contributed by atoms with Crippen LogP contribution in [0.4, 0.5) is 0 Å². The summed E-state index contributed by atoms with van der Waals surface area (Å²) in [5.74, 6) is 0. The van der Waals surface area contributed by atoms with Crippen molar-refractivity contribution in [2.75, 3.05) is 13.2 Å². The van der Waals surface area contributed by atoms with Gasteiger partial charge in [0.1, 0.15) is 0 Å². The Labute approximate surface area is 155 Å². The molecule has 0 bridgehead atoms. The topological polar surface area (TPSA) is 18.5 Å². The Hall–Kier alpha value is 1.21. The maximum atomic E-state index is 5.59. The quantitative estimate of drug-likeness (QED) is 0.271. The summed E-state index contributed by atoms with van der Waals surface area (Å²) >= 11 is -0.560. The molecule has 21 heavy (non-hydrogen) atoms. The Bertz CT molecular complexity index is 147. The molecule has 0 aliphatic carbocycles. The summed E-state index contributed by atoms with van der Waals surface area (Å²) in [5, 5.41) is 0. The van der Waals surface area contributed by atoms with Crippen molar-refractivity contribution in [3.05, 3.63) is 0 Å². The second-order valence-corrected chi connectivity index (χ2v) is 6.48. The van der Waals surface area contributed by atoms with E-state index in [2.05, 4.69) is 13.8 Å². The van der Waals surface area contributed by atoms with Gasteiger partial charge in [0, 0.05) is 0 Å². The van der Waals surface area contributed by atoms with E-state index in [1.807, 2.05) is 0 Å². The summed E-state index contributed by atoms with van der Waals surface area (Å²) in [5.41, 5.74) is 0. The molecule has 2 nitrogen and oxygen atoms in total. The predicted octanol–water partition coefficient (Wildman–Crippen LogP) is -0.339. The van der Waals surface area contributed by atoms with Gasteiger partial charge in [-0.2, -0.15) is 0 Å². The number of hydrogen-bond acceptors (Lipinski definition) is 2. The maximum absolute atomic E-state index is 5.59. The zero-order chi connectivity index (χ0) is 14.0. The Morgan fingerprint density at radius 1 is 0.524 bits per heavy atom. The van der Waals surface area contributed by atoms with Crippen LogP contribution >= 0.6 is 0 Å². The van der Waals surface area contributed by atoms with Crippen molar-refractivity contribution in [2.24, 2.45) is 0 Å². The van der Waals surface area contributed by atoms with E-state index in [0.29, 0.717) is 0 Å². The molecule has 0 aliphatic heterocycles. The zero-order valence-electron chi connectivity index (χ0n) is 14.0. The van der Waals surface area contributed by atoms with Crippen LogP contribution in [0.1, 0.15) is 90.9 Å². The van der Waals surface area contributed by atoms with Crippen LogP contribution in [-0.4, -0.2) is 13.2 Å². The average Bonchev–Trinajstić information content (AvgIpc) is 2.43. The van der Waals surface area contributed by atoms with Gasteiger partial charge in [-0.3, -0.25) is 0 Å². The SMILES string of the molecule is CCCCCCCC[O][Ti+2][O]CCCCCCCC.[Cl-].[Cl-]. The van der Waals surface area contributed by atoms with Crippen LogP contribution in [0.5, 0.6) is 0 Å². The molecule has 0 fully saturated rings. The van der Waals surface area contributed by atoms with E-state index >= 15 is 0 Å². The van der Waals surface area contributed by atoms with E-state index in [1.165, 1.54) is 77.0 Å². The Morgan fingerprint density at radius 2 is 0.857 bits per heavy atom. The number of rotatable bonds is 16. The van der Waals surface area contributed by atoms with Crippen molar-refractivity contribution in [3.8, 4) is 0 Å². The van der Waals surface area contributed by atoms with Crippen LogP contribution in [0, 0.1) is 0 Å². The first kappa shape index (κ1) is 27.1. The van der Waals surface area contributed by atoms with Gasteiger partial charge < -0.3 is 24.8 Å². The summed E-state index contributed by atoms with van der Waals surface area (Å²) < 4.78 is 11.2. The fourth-order valence-electron chi connectivity index (χ4n) is 2.03. The third-order valence-corrected chi connectivity index (χ3v) is 4.32. The van der Waals surface area contributed by atoms with Crippen LogP contribution in [-0.2, 0) is 26.6 Å². The fourth-order valence-corrected chi connectivity index (χ4v) is 2.88. The summed E-state index contributed by atoms with van der Waals surface area (Å²) in [4.78, 5) is 0. The Kier molecular flexibility index (Phi) is 33.7. The van der Waals surface area contributed by atoms with Crippen molar-refractivity contribution in [1.82, 2.24) is 0 Å². The molecule has 0 radical (unpaired) electrons. The molecular weight excluding hydrogens is 343 g/mol. The summed E-state index contributed by atoms with van der Waals surface area (Å²) in [6.07, 6.45) is 16.0. The molecule has 0 rings (SSSR count). The van der Waals surface area contributed by atoms with Gasteiger partial charge in [-0.1, -0.05) is 0 Å². The maximum Gasteiger partial charge on any atom is -1.00 e. The number of halogens is 2. The average molecular weight is 377 g/mol. The molecular formula is C16H34Cl2O2Ti. The molecule has 0 atom stereocenters. The van der Waals surface area contributed by atoms with Crippen molar-refractivity contribution in [1.29, 1.82) is 0 Å². The minimum Gasteiger partial charge on any atom is -1.00 e. The third kappa shape index (κ3) is 26.4. The summed E-state index contributed by atoms with van der Waals surface area (Å²) in [6, 6.07) is 0. The molecule has 128 valence electrons. The first-order valence-electron chi connectivity index (χ1n) is 8.40. The molecule has 0 spiro atoms. The minimum absolute atomic E-state index is 0. The molecule has 0 saturated carbocycles. The summed E-state index contributed by atoms with van der Waals surface area (Å²) in [6.45, 7) is 6.36. The molecule has 0 aliphatic rings. The zero-order valence-corrected chi connectivity index (χ0v) is 17.0. The Morgan fingerprint density at radius 3 is 1.24 bits per heavy atom. The van der Waals surface area contributed by atoms with Gasteiger partial charge in [0.25, 0.3) is 0 Å². The van der Waals surface area contributed by atoms with E-state index < -0.39 is 19.9 Å². The van der Waals surface area contributed by atoms with Crippen LogP contribution < -0.4 is 24.8 Å². The Balaban J connectivity index is -0.00000162. The third-order valence-electron chi connectivity index (χ3n) is 3.32. The van der Waals surface area contributed by atoms with Crippen molar-refractivity contribution >= 4 is 0 Å². The van der Waals surface area contributed by atoms with Crippen LogP contribution in [0.25, 0.3) is 0 Å². The van der Waals surface area contributed by atoms with Crippen molar-refractivity contribution in [3.63, 3.8) is 0 Å².